The fourth-order valence-electron chi connectivity index (χ4n) is 2.15. The standard InChI is InChI=1S/C14H15Cl2NO3/c1-7(14(19)20-2)17-13(18)10-6-9(10)8-3-4-11(15)12(16)5-8/h3-5,7,9-10H,6H2,1-2H3,(H,17,18)/t7-,9+,10+/m0/s1. The van der Waals surface area contributed by atoms with Gasteiger partial charge in [-0.15, -0.1) is 0 Å². The van der Waals surface area contributed by atoms with Crippen molar-refractivity contribution in [1.29, 1.82) is 0 Å². The van der Waals surface area contributed by atoms with Crippen LogP contribution in [-0.4, -0.2) is 25.0 Å². The summed E-state index contributed by atoms with van der Waals surface area (Å²) in [5.41, 5.74) is 0.991. The minimum absolute atomic E-state index is 0.126. The number of rotatable bonds is 4. The van der Waals surface area contributed by atoms with E-state index in [1.807, 2.05) is 6.07 Å². The van der Waals surface area contributed by atoms with E-state index in [1.54, 1.807) is 19.1 Å². The number of methoxy groups -OCH3 is 1. The van der Waals surface area contributed by atoms with Gasteiger partial charge >= 0.3 is 5.97 Å². The maximum absolute atomic E-state index is 12.0. The second-order valence-corrected chi connectivity index (χ2v) is 5.69. The largest absolute Gasteiger partial charge is 0.467 e. The maximum Gasteiger partial charge on any atom is 0.328 e. The van der Waals surface area contributed by atoms with Gasteiger partial charge in [0, 0.05) is 5.92 Å². The van der Waals surface area contributed by atoms with Gasteiger partial charge in [-0.25, -0.2) is 4.79 Å². The van der Waals surface area contributed by atoms with Crippen molar-refractivity contribution in [2.24, 2.45) is 5.92 Å². The lowest BCUT2D eigenvalue weighted by Crippen LogP contribution is -2.40. The number of halogens is 2. The molecule has 0 bridgehead atoms. The molecule has 1 aromatic rings. The Kier molecular flexibility index (Phi) is 4.55. The van der Waals surface area contributed by atoms with Gasteiger partial charge in [0.2, 0.25) is 5.91 Å². The number of hydrogen-bond donors (Lipinski definition) is 1. The van der Waals surface area contributed by atoms with E-state index in [2.05, 4.69) is 10.1 Å². The number of esters is 1. The average molecular weight is 316 g/mol. The van der Waals surface area contributed by atoms with Crippen LogP contribution in [0, 0.1) is 5.92 Å². The van der Waals surface area contributed by atoms with E-state index in [0.29, 0.717) is 10.0 Å². The molecular weight excluding hydrogens is 301 g/mol. The van der Waals surface area contributed by atoms with Crippen LogP contribution in [0.5, 0.6) is 0 Å². The van der Waals surface area contributed by atoms with Crippen molar-refractivity contribution < 1.29 is 14.3 Å². The van der Waals surface area contributed by atoms with E-state index < -0.39 is 12.0 Å². The van der Waals surface area contributed by atoms with Gasteiger partial charge in [-0.05, 0) is 37.0 Å². The van der Waals surface area contributed by atoms with E-state index in [4.69, 9.17) is 23.2 Å². The van der Waals surface area contributed by atoms with E-state index >= 15 is 0 Å². The molecule has 20 heavy (non-hydrogen) atoms. The Morgan fingerprint density at radius 3 is 2.65 bits per heavy atom. The predicted octanol–water partition coefficient (Wildman–Crippen LogP) is 2.77. The number of carbonyl (C=O) groups excluding carboxylic acids is 2. The lowest BCUT2D eigenvalue weighted by Gasteiger charge is -2.11. The van der Waals surface area contributed by atoms with Crippen LogP contribution in [0.4, 0.5) is 0 Å². The highest BCUT2D eigenvalue weighted by atomic mass is 35.5. The summed E-state index contributed by atoms with van der Waals surface area (Å²) >= 11 is 11.8. The first-order chi connectivity index (χ1) is 9.43. The Bertz CT molecular complexity index is 547. The molecule has 6 heteroatoms. The average Bonchev–Trinajstić information content (AvgIpc) is 3.21. The summed E-state index contributed by atoms with van der Waals surface area (Å²) in [6.45, 7) is 1.60. The number of amides is 1. The molecule has 0 saturated heterocycles. The van der Waals surface area contributed by atoms with Gasteiger partial charge in [-0.2, -0.15) is 0 Å². The Hall–Kier alpha value is -1.26. The molecule has 0 unspecified atom stereocenters. The molecule has 0 aromatic heterocycles. The zero-order valence-electron chi connectivity index (χ0n) is 11.2. The molecule has 3 atom stereocenters. The fraction of sp³-hybridized carbons (Fsp3) is 0.429. The lowest BCUT2D eigenvalue weighted by molar-refractivity contribution is -0.144. The van der Waals surface area contributed by atoms with E-state index in [1.165, 1.54) is 7.11 Å². The third kappa shape index (κ3) is 3.25. The van der Waals surface area contributed by atoms with E-state index in [0.717, 1.165) is 12.0 Å². The monoisotopic (exact) mass is 315 g/mol. The molecule has 0 heterocycles. The summed E-state index contributed by atoms with van der Waals surface area (Å²) in [5.74, 6) is -0.585. The molecular formula is C14H15Cl2NO3. The highest BCUT2D eigenvalue weighted by molar-refractivity contribution is 6.42. The van der Waals surface area contributed by atoms with Crippen LogP contribution in [0.25, 0.3) is 0 Å². The van der Waals surface area contributed by atoms with Crippen LogP contribution in [0.2, 0.25) is 10.0 Å². The number of benzene rings is 1. The van der Waals surface area contributed by atoms with Gasteiger partial charge in [0.05, 0.1) is 17.2 Å². The molecule has 1 aliphatic carbocycles. The number of ether oxygens (including phenoxy) is 1. The third-order valence-corrected chi connectivity index (χ3v) is 4.15. The fourth-order valence-corrected chi connectivity index (χ4v) is 2.46. The number of carbonyl (C=O) groups is 2. The van der Waals surface area contributed by atoms with E-state index in [-0.39, 0.29) is 17.7 Å². The summed E-state index contributed by atoms with van der Waals surface area (Å²) in [7, 11) is 1.29. The minimum Gasteiger partial charge on any atom is -0.467 e. The highest BCUT2D eigenvalue weighted by Gasteiger charge is 2.44. The van der Waals surface area contributed by atoms with Crippen molar-refractivity contribution in [3.63, 3.8) is 0 Å². The van der Waals surface area contributed by atoms with Gasteiger partial charge < -0.3 is 10.1 Å². The summed E-state index contributed by atoms with van der Waals surface area (Å²) in [6.07, 6.45) is 0.748. The van der Waals surface area contributed by atoms with Crippen molar-refractivity contribution >= 4 is 35.1 Å². The second-order valence-electron chi connectivity index (χ2n) is 4.88. The molecule has 0 radical (unpaired) electrons. The molecule has 1 N–H and O–H groups in total. The molecule has 0 aliphatic heterocycles. The zero-order valence-corrected chi connectivity index (χ0v) is 12.7. The van der Waals surface area contributed by atoms with Crippen LogP contribution >= 0.6 is 23.2 Å². The summed E-state index contributed by atoms with van der Waals surface area (Å²) in [4.78, 5) is 23.2. The molecule has 1 aromatic carbocycles. The Morgan fingerprint density at radius 1 is 1.35 bits per heavy atom. The molecule has 0 spiro atoms. The summed E-state index contributed by atoms with van der Waals surface area (Å²) < 4.78 is 4.57. The van der Waals surface area contributed by atoms with Crippen molar-refractivity contribution in [1.82, 2.24) is 5.32 Å². The minimum atomic E-state index is -0.637. The normalized spacial score (nSPS) is 22.0. The number of hydrogen-bond acceptors (Lipinski definition) is 3. The van der Waals surface area contributed by atoms with Crippen molar-refractivity contribution in [3.8, 4) is 0 Å². The predicted molar refractivity (Wildman–Crippen MR) is 76.9 cm³/mol. The molecule has 2 rings (SSSR count). The van der Waals surface area contributed by atoms with Crippen molar-refractivity contribution in [2.45, 2.75) is 25.3 Å². The molecule has 1 amide bonds. The Balaban J connectivity index is 1.95. The first-order valence-corrected chi connectivity index (χ1v) is 7.02. The van der Waals surface area contributed by atoms with E-state index in [9.17, 15) is 9.59 Å². The summed E-state index contributed by atoms with van der Waals surface area (Å²) in [6, 6.07) is 4.74. The van der Waals surface area contributed by atoms with Gasteiger partial charge in [-0.1, -0.05) is 29.3 Å². The molecule has 108 valence electrons. The summed E-state index contributed by atoms with van der Waals surface area (Å²) in [5, 5.41) is 3.63. The second kappa shape index (κ2) is 6.02. The van der Waals surface area contributed by atoms with Gasteiger partial charge in [0.15, 0.2) is 0 Å². The first kappa shape index (κ1) is 15.1. The maximum atomic E-state index is 12.0. The SMILES string of the molecule is COC(=O)[C@H](C)NC(=O)[C@@H]1C[C@@H]1c1ccc(Cl)c(Cl)c1. The van der Waals surface area contributed by atoms with Crippen LogP contribution in [0.1, 0.15) is 24.8 Å². The van der Waals surface area contributed by atoms with Crippen LogP contribution in [0.15, 0.2) is 18.2 Å². The first-order valence-electron chi connectivity index (χ1n) is 6.27. The van der Waals surface area contributed by atoms with Crippen molar-refractivity contribution in [3.05, 3.63) is 33.8 Å². The Labute approximate surface area is 127 Å². The molecule has 4 nitrogen and oxygen atoms in total. The molecule has 1 fully saturated rings. The van der Waals surface area contributed by atoms with Crippen LogP contribution < -0.4 is 5.32 Å². The van der Waals surface area contributed by atoms with Gasteiger partial charge in [-0.3, -0.25) is 4.79 Å². The number of nitrogens with one attached hydrogen (secondary N) is 1. The Morgan fingerprint density at radius 2 is 2.05 bits per heavy atom. The topological polar surface area (TPSA) is 55.4 Å². The van der Waals surface area contributed by atoms with Gasteiger partial charge in [0.1, 0.15) is 6.04 Å². The lowest BCUT2D eigenvalue weighted by atomic mass is 10.1. The third-order valence-electron chi connectivity index (χ3n) is 3.41. The molecule has 1 saturated carbocycles. The van der Waals surface area contributed by atoms with Gasteiger partial charge in [0.25, 0.3) is 0 Å². The quantitative estimate of drug-likeness (QED) is 0.869. The molecule has 1 aliphatic rings. The van der Waals surface area contributed by atoms with Crippen molar-refractivity contribution in [2.75, 3.05) is 7.11 Å². The van der Waals surface area contributed by atoms with Crippen LogP contribution in [0.3, 0.4) is 0 Å². The van der Waals surface area contributed by atoms with Crippen LogP contribution in [-0.2, 0) is 14.3 Å². The zero-order chi connectivity index (χ0) is 14.9. The smallest absolute Gasteiger partial charge is 0.328 e. The highest BCUT2D eigenvalue weighted by Crippen LogP contribution is 2.48.